The number of aryl methyl sites for hydroxylation is 1. The maximum absolute atomic E-state index is 12.0. The Labute approximate surface area is 128 Å². The van der Waals surface area contributed by atoms with Crippen LogP contribution in [0.5, 0.6) is 0 Å². The van der Waals surface area contributed by atoms with Crippen molar-refractivity contribution in [2.75, 3.05) is 5.32 Å². The molecule has 98 valence electrons. The number of carbonyl (C=O) groups is 2. The minimum Gasteiger partial charge on any atom is -0.366 e. The van der Waals surface area contributed by atoms with E-state index in [0.717, 1.165) is 8.45 Å². The van der Waals surface area contributed by atoms with Crippen LogP contribution in [0.25, 0.3) is 0 Å². The number of nitrogens with one attached hydrogen (secondary N) is 1. The highest BCUT2D eigenvalue weighted by molar-refractivity contribution is 14.1. The molecule has 0 saturated heterocycles. The molecule has 1 aromatic carbocycles. The molecule has 3 N–H and O–H groups in total. The van der Waals surface area contributed by atoms with Gasteiger partial charge < -0.3 is 11.1 Å². The predicted molar refractivity (Wildman–Crippen MR) is 84.7 cm³/mol. The predicted octanol–water partition coefficient (Wildman–Crippen LogP) is 3.01. The lowest BCUT2D eigenvalue weighted by Gasteiger charge is -2.08. The second kappa shape index (κ2) is 5.70. The summed E-state index contributed by atoms with van der Waals surface area (Å²) in [6.45, 7) is 1.82. The van der Waals surface area contributed by atoms with Crippen molar-refractivity contribution < 1.29 is 9.59 Å². The minimum absolute atomic E-state index is 0.158. The summed E-state index contributed by atoms with van der Waals surface area (Å²) in [5, 5.41) is 4.63. The molecule has 0 fully saturated rings. The summed E-state index contributed by atoms with van der Waals surface area (Å²) in [5.74, 6) is -0.637. The molecule has 0 aliphatic rings. The molecule has 2 rings (SSSR count). The lowest BCUT2D eigenvalue weighted by atomic mass is 10.1. The van der Waals surface area contributed by atoms with Gasteiger partial charge in [-0.05, 0) is 59.3 Å². The first-order chi connectivity index (χ1) is 8.97. The van der Waals surface area contributed by atoms with Crippen LogP contribution in [0.3, 0.4) is 0 Å². The van der Waals surface area contributed by atoms with Crippen LogP contribution in [0.1, 0.15) is 26.3 Å². The molecular formula is C13H11IN2O2S. The number of hydrogen-bond acceptors (Lipinski definition) is 3. The number of amides is 2. The third-order valence-corrected chi connectivity index (χ3v) is 4.38. The lowest BCUT2D eigenvalue weighted by Crippen LogP contribution is -2.14. The smallest absolute Gasteiger partial charge is 0.256 e. The topological polar surface area (TPSA) is 72.2 Å². The van der Waals surface area contributed by atoms with Gasteiger partial charge in [-0.15, -0.1) is 11.3 Å². The summed E-state index contributed by atoms with van der Waals surface area (Å²) in [5.41, 5.74) is 7.74. The number of hydrogen-bond donors (Lipinski definition) is 2. The van der Waals surface area contributed by atoms with Crippen molar-refractivity contribution in [3.8, 4) is 0 Å². The van der Waals surface area contributed by atoms with Crippen LogP contribution in [0, 0.1) is 9.81 Å². The number of carbonyl (C=O) groups excluding carboxylic acids is 2. The second-order valence-electron chi connectivity index (χ2n) is 3.99. The molecule has 0 atom stereocenters. The fourth-order valence-corrected chi connectivity index (χ4v) is 2.91. The molecule has 0 aliphatic heterocycles. The Morgan fingerprint density at radius 2 is 2.00 bits per heavy atom. The fraction of sp³-hybridized carbons (Fsp3) is 0.0769. The zero-order valence-electron chi connectivity index (χ0n) is 10.1. The summed E-state index contributed by atoms with van der Waals surface area (Å²) < 4.78 is 1.06. The zero-order chi connectivity index (χ0) is 14.0. The van der Waals surface area contributed by atoms with Gasteiger partial charge in [0.2, 0.25) is 5.91 Å². The standard InChI is InChI=1S/C13H11IN2O2S/c1-7-4-8(12(15)17)2-3-10(7)16-13(18)9-5-11(14)19-6-9/h2-6H,1H3,(H2,15,17)(H,16,18). The third-order valence-electron chi connectivity index (χ3n) is 2.59. The summed E-state index contributed by atoms with van der Waals surface area (Å²) in [6.07, 6.45) is 0. The van der Waals surface area contributed by atoms with Crippen molar-refractivity contribution in [2.24, 2.45) is 5.73 Å². The molecule has 0 aliphatic carbocycles. The van der Waals surface area contributed by atoms with Gasteiger partial charge in [-0.3, -0.25) is 9.59 Å². The normalized spacial score (nSPS) is 10.2. The van der Waals surface area contributed by atoms with E-state index in [1.165, 1.54) is 11.3 Å². The van der Waals surface area contributed by atoms with Crippen LogP contribution in [-0.2, 0) is 0 Å². The quantitative estimate of drug-likeness (QED) is 0.797. The molecule has 0 unspecified atom stereocenters. The van der Waals surface area contributed by atoms with Crippen molar-refractivity contribution >= 4 is 51.4 Å². The van der Waals surface area contributed by atoms with Crippen molar-refractivity contribution in [3.05, 3.63) is 49.2 Å². The Morgan fingerprint density at radius 3 is 2.53 bits per heavy atom. The van der Waals surface area contributed by atoms with E-state index in [1.54, 1.807) is 18.2 Å². The summed E-state index contributed by atoms with van der Waals surface area (Å²) in [7, 11) is 0. The van der Waals surface area contributed by atoms with Gasteiger partial charge in [0.1, 0.15) is 0 Å². The lowest BCUT2D eigenvalue weighted by molar-refractivity contribution is 0.0998. The van der Waals surface area contributed by atoms with Crippen LogP contribution in [0.2, 0.25) is 0 Å². The average molecular weight is 386 g/mol. The van der Waals surface area contributed by atoms with Crippen molar-refractivity contribution in [3.63, 3.8) is 0 Å². The van der Waals surface area contributed by atoms with Crippen LogP contribution < -0.4 is 11.1 Å². The molecule has 0 spiro atoms. The van der Waals surface area contributed by atoms with E-state index in [-0.39, 0.29) is 5.91 Å². The van der Waals surface area contributed by atoms with Crippen LogP contribution in [0.15, 0.2) is 29.6 Å². The first-order valence-electron chi connectivity index (χ1n) is 5.43. The molecule has 6 heteroatoms. The van der Waals surface area contributed by atoms with E-state index in [0.29, 0.717) is 16.8 Å². The van der Waals surface area contributed by atoms with Gasteiger partial charge in [0.15, 0.2) is 0 Å². The van der Waals surface area contributed by atoms with Gasteiger partial charge in [-0.2, -0.15) is 0 Å². The average Bonchev–Trinajstić information content (AvgIpc) is 2.78. The molecule has 0 radical (unpaired) electrons. The third kappa shape index (κ3) is 3.32. The largest absolute Gasteiger partial charge is 0.366 e. The second-order valence-corrected chi connectivity index (χ2v) is 6.79. The SMILES string of the molecule is Cc1cc(C(N)=O)ccc1NC(=O)c1csc(I)c1. The summed E-state index contributed by atoms with van der Waals surface area (Å²) in [4.78, 5) is 23.0. The van der Waals surface area contributed by atoms with Gasteiger partial charge >= 0.3 is 0 Å². The Morgan fingerprint density at radius 1 is 1.26 bits per heavy atom. The van der Waals surface area contributed by atoms with E-state index in [2.05, 4.69) is 27.9 Å². The van der Waals surface area contributed by atoms with Gasteiger partial charge in [0.25, 0.3) is 5.91 Å². The fourth-order valence-electron chi connectivity index (χ4n) is 1.58. The van der Waals surface area contributed by atoms with Crippen molar-refractivity contribution in [2.45, 2.75) is 6.92 Å². The molecule has 1 heterocycles. The van der Waals surface area contributed by atoms with Crippen LogP contribution >= 0.6 is 33.9 Å². The number of thiophene rings is 1. The van der Waals surface area contributed by atoms with E-state index in [4.69, 9.17) is 5.73 Å². The maximum atomic E-state index is 12.0. The van der Waals surface area contributed by atoms with E-state index < -0.39 is 5.91 Å². The maximum Gasteiger partial charge on any atom is 0.256 e. The number of nitrogens with two attached hydrogens (primary N) is 1. The zero-order valence-corrected chi connectivity index (χ0v) is 13.0. The highest BCUT2D eigenvalue weighted by atomic mass is 127. The first-order valence-corrected chi connectivity index (χ1v) is 7.39. The molecule has 2 amide bonds. The number of halogens is 1. The van der Waals surface area contributed by atoms with Gasteiger partial charge in [0, 0.05) is 16.6 Å². The Bertz CT molecular complexity index is 652. The Kier molecular flexibility index (Phi) is 4.20. The molecule has 4 nitrogen and oxygen atoms in total. The number of primary amides is 1. The summed E-state index contributed by atoms with van der Waals surface area (Å²) in [6, 6.07) is 6.77. The van der Waals surface area contributed by atoms with Crippen LogP contribution in [-0.4, -0.2) is 11.8 Å². The highest BCUT2D eigenvalue weighted by Gasteiger charge is 2.10. The number of benzene rings is 1. The Balaban J connectivity index is 2.20. The molecule has 2 aromatic rings. The summed E-state index contributed by atoms with van der Waals surface area (Å²) >= 11 is 3.69. The molecule has 0 saturated carbocycles. The number of anilines is 1. The van der Waals surface area contributed by atoms with E-state index in [1.807, 2.05) is 18.4 Å². The molecule has 1 aromatic heterocycles. The highest BCUT2D eigenvalue weighted by Crippen LogP contribution is 2.20. The van der Waals surface area contributed by atoms with E-state index in [9.17, 15) is 9.59 Å². The van der Waals surface area contributed by atoms with Crippen LogP contribution in [0.4, 0.5) is 5.69 Å². The Hall–Kier alpha value is -1.41. The van der Waals surface area contributed by atoms with Gasteiger partial charge in [-0.1, -0.05) is 0 Å². The monoisotopic (exact) mass is 386 g/mol. The van der Waals surface area contributed by atoms with Crippen molar-refractivity contribution in [1.29, 1.82) is 0 Å². The van der Waals surface area contributed by atoms with Gasteiger partial charge in [-0.25, -0.2) is 0 Å². The molecule has 0 bridgehead atoms. The first kappa shape index (κ1) is 14.0. The minimum atomic E-state index is -0.478. The molecular weight excluding hydrogens is 375 g/mol. The molecule has 19 heavy (non-hydrogen) atoms. The van der Waals surface area contributed by atoms with E-state index >= 15 is 0 Å². The van der Waals surface area contributed by atoms with Crippen molar-refractivity contribution in [1.82, 2.24) is 0 Å². The van der Waals surface area contributed by atoms with Gasteiger partial charge in [0.05, 0.1) is 8.45 Å². The number of rotatable bonds is 3.